The van der Waals surface area contributed by atoms with Gasteiger partial charge in [0.2, 0.25) is 0 Å². The van der Waals surface area contributed by atoms with E-state index in [4.69, 9.17) is 5.73 Å². The summed E-state index contributed by atoms with van der Waals surface area (Å²) in [4.78, 5) is 0. The van der Waals surface area contributed by atoms with Crippen molar-refractivity contribution in [3.05, 3.63) is 0 Å². The van der Waals surface area contributed by atoms with Crippen LogP contribution in [0.5, 0.6) is 0 Å². The molecule has 2 unspecified atom stereocenters. The van der Waals surface area contributed by atoms with E-state index in [9.17, 15) is 0 Å². The third kappa shape index (κ3) is 7.80. The van der Waals surface area contributed by atoms with E-state index in [1.54, 1.807) is 0 Å². The van der Waals surface area contributed by atoms with E-state index in [0.29, 0.717) is 17.9 Å². The zero-order chi connectivity index (χ0) is 11.7. The van der Waals surface area contributed by atoms with Gasteiger partial charge in [0.05, 0.1) is 0 Å². The predicted octanol–water partition coefficient (Wildman–Crippen LogP) is 2.78. The summed E-state index contributed by atoms with van der Waals surface area (Å²) in [6, 6.07) is 0.643. The van der Waals surface area contributed by atoms with E-state index in [-0.39, 0.29) is 0 Å². The Balaban J connectivity index is 3.54. The Kier molecular flexibility index (Phi) is 9.12. The minimum atomic E-state index is 0.624. The molecule has 0 fully saturated rings. The number of nitrogens with two attached hydrogens (primary N) is 1. The molecule has 0 saturated carbocycles. The first-order valence-electron chi connectivity index (χ1n) is 6.55. The van der Waals surface area contributed by atoms with Gasteiger partial charge in [-0.1, -0.05) is 40.0 Å². The zero-order valence-electron chi connectivity index (χ0n) is 11.1. The van der Waals surface area contributed by atoms with Gasteiger partial charge in [0.15, 0.2) is 0 Å². The van der Waals surface area contributed by atoms with Crippen molar-refractivity contribution in [1.29, 1.82) is 0 Å². The fourth-order valence-electron chi connectivity index (χ4n) is 1.75. The highest BCUT2D eigenvalue weighted by Gasteiger charge is 2.12. The fraction of sp³-hybridized carbons (Fsp3) is 1.00. The lowest BCUT2D eigenvalue weighted by molar-refractivity contribution is 0.347. The molecule has 92 valence electrons. The summed E-state index contributed by atoms with van der Waals surface area (Å²) in [5, 5.41) is 3.59. The molecule has 0 aliphatic rings. The average Bonchev–Trinajstić information content (AvgIpc) is 2.18. The molecular weight excluding hydrogens is 184 g/mol. The number of hydrogen-bond donors (Lipinski definition) is 2. The molecule has 0 radical (unpaired) electrons. The zero-order valence-corrected chi connectivity index (χ0v) is 11.1. The number of unbranched alkanes of at least 4 members (excludes halogenated alkanes) is 2. The Morgan fingerprint density at radius 1 is 1.13 bits per heavy atom. The Morgan fingerprint density at radius 2 is 1.80 bits per heavy atom. The molecule has 0 aromatic carbocycles. The van der Waals surface area contributed by atoms with Crippen molar-refractivity contribution in [3.63, 3.8) is 0 Å². The van der Waals surface area contributed by atoms with Crippen LogP contribution in [0.1, 0.15) is 53.4 Å². The Hall–Kier alpha value is -0.0800. The summed E-state index contributed by atoms with van der Waals surface area (Å²) in [5.74, 6) is 1.31. The van der Waals surface area contributed by atoms with Crippen LogP contribution in [0, 0.1) is 11.8 Å². The number of hydrogen-bond acceptors (Lipinski definition) is 2. The first-order chi connectivity index (χ1) is 7.11. The molecule has 2 nitrogen and oxygen atoms in total. The molecule has 0 aliphatic carbocycles. The molecule has 0 bridgehead atoms. The van der Waals surface area contributed by atoms with Crippen molar-refractivity contribution in [2.24, 2.45) is 17.6 Å². The fourth-order valence-corrected chi connectivity index (χ4v) is 1.75. The minimum Gasteiger partial charge on any atom is -0.330 e. The lowest BCUT2D eigenvalue weighted by Gasteiger charge is -2.22. The normalized spacial score (nSPS) is 15.6. The van der Waals surface area contributed by atoms with E-state index < -0.39 is 0 Å². The van der Waals surface area contributed by atoms with Crippen molar-refractivity contribution in [2.75, 3.05) is 13.1 Å². The summed E-state index contributed by atoms with van der Waals surface area (Å²) in [5.41, 5.74) is 5.74. The van der Waals surface area contributed by atoms with E-state index in [1.807, 2.05) is 0 Å². The summed E-state index contributed by atoms with van der Waals surface area (Å²) in [6.07, 6.45) is 5.31. The third-order valence-corrected chi connectivity index (χ3v) is 3.21. The molecule has 2 heteroatoms. The number of nitrogens with one attached hydrogen (secondary N) is 1. The molecular formula is C13H30N2. The van der Waals surface area contributed by atoms with Crippen LogP contribution < -0.4 is 11.1 Å². The van der Waals surface area contributed by atoms with Gasteiger partial charge in [-0.3, -0.25) is 0 Å². The third-order valence-electron chi connectivity index (χ3n) is 3.21. The van der Waals surface area contributed by atoms with Gasteiger partial charge in [-0.15, -0.1) is 0 Å². The highest BCUT2D eigenvalue weighted by molar-refractivity contribution is 4.69. The van der Waals surface area contributed by atoms with E-state index in [1.165, 1.54) is 25.7 Å². The van der Waals surface area contributed by atoms with Gasteiger partial charge in [0, 0.05) is 6.04 Å². The molecule has 0 aromatic heterocycles. The van der Waals surface area contributed by atoms with Gasteiger partial charge in [-0.2, -0.15) is 0 Å². The van der Waals surface area contributed by atoms with Gasteiger partial charge in [-0.05, 0) is 38.3 Å². The van der Waals surface area contributed by atoms with Crippen molar-refractivity contribution < 1.29 is 0 Å². The van der Waals surface area contributed by atoms with Gasteiger partial charge >= 0.3 is 0 Å². The van der Waals surface area contributed by atoms with Crippen LogP contribution in [-0.4, -0.2) is 19.1 Å². The predicted molar refractivity (Wildman–Crippen MR) is 69.0 cm³/mol. The molecule has 0 aromatic rings. The van der Waals surface area contributed by atoms with Crippen LogP contribution in [0.25, 0.3) is 0 Å². The van der Waals surface area contributed by atoms with Crippen LogP contribution in [0.2, 0.25) is 0 Å². The topological polar surface area (TPSA) is 38.0 Å². The second kappa shape index (κ2) is 9.17. The van der Waals surface area contributed by atoms with Crippen LogP contribution in [0.3, 0.4) is 0 Å². The standard InChI is InChI=1S/C13H30N2/c1-5-6-7-8-12(4)15-10-13(9-14)11(2)3/h11-13,15H,5-10,14H2,1-4H3. The summed E-state index contributed by atoms with van der Waals surface area (Å²) >= 11 is 0. The molecule has 0 heterocycles. The Bertz CT molecular complexity index is 134. The molecule has 0 aliphatic heterocycles. The highest BCUT2D eigenvalue weighted by atomic mass is 14.9. The van der Waals surface area contributed by atoms with E-state index >= 15 is 0 Å². The molecule has 0 rings (SSSR count). The van der Waals surface area contributed by atoms with E-state index in [0.717, 1.165) is 13.1 Å². The van der Waals surface area contributed by atoms with Crippen LogP contribution >= 0.6 is 0 Å². The van der Waals surface area contributed by atoms with Gasteiger partial charge in [-0.25, -0.2) is 0 Å². The SMILES string of the molecule is CCCCCC(C)NCC(CN)C(C)C. The molecule has 3 N–H and O–H groups in total. The van der Waals surface area contributed by atoms with Crippen molar-refractivity contribution in [1.82, 2.24) is 5.32 Å². The molecule has 0 spiro atoms. The van der Waals surface area contributed by atoms with Crippen molar-refractivity contribution in [3.8, 4) is 0 Å². The summed E-state index contributed by atoms with van der Waals surface area (Å²) < 4.78 is 0. The largest absolute Gasteiger partial charge is 0.330 e. The second-order valence-electron chi connectivity index (χ2n) is 5.04. The molecule has 2 atom stereocenters. The Morgan fingerprint density at radius 3 is 2.27 bits per heavy atom. The van der Waals surface area contributed by atoms with Gasteiger partial charge in [0.1, 0.15) is 0 Å². The second-order valence-corrected chi connectivity index (χ2v) is 5.04. The van der Waals surface area contributed by atoms with Crippen molar-refractivity contribution >= 4 is 0 Å². The molecule has 0 saturated heterocycles. The maximum absolute atomic E-state index is 5.74. The quantitative estimate of drug-likeness (QED) is 0.579. The highest BCUT2D eigenvalue weighted by Crippen LogP contribution is 2.09. The van der Waals surface area contributed by atoms with Crippen molar-refractivity contribution in [2.45, 2.75) is 59.4 Å². The first-order valence-corrected chi connectivity index (χ1v) is 6.55. The van der Waals surface area contributed by atoms with E-state index in [2.05, 4.69) is 33.0 Å². The van der Waals surface area contributed by atoms with Crippen LogP contribution in [0.15, 0.2) is 0 Å². The lowest BCUT2D eigenvalue weighted by Crippen LogP contribution is -2.36. The monoisotopic (exact) mass is 214 g/mol. The average molecular weight is 214 g/mol. The maximum Gasteiger partial charge on any atom is 0.00388 e. The van der Waals surface area contributed by atoms with Gasteiger partial charge < -0.3 is 11.1 Å². The lowest BCUT2D eigenvalue weighted by atomic mass is 9.95. The minimum absolute atomic E-state index is 0.624. The Labute approximate surface area is 96.0 Å². The van der Waals surface area contributed by atoms with Crippen LogP contribution in [-0.2, 0) is 0 Å². The number of rotatable bonds is 9. The van der Waals surface area contributed by atoms with Crippen LogP contribution in [0.4, 0.5) is 0 Å². The maximum atomic E-state index is 5.74. The smallest absolute Gasteiger partial charge is 0.00388 e. The molecule has 15 heavy (non-hydrogen) atoms. The summed E-state index contributed by atoms with van der Waals surface area (Å²) in [7, 11) is 0. The first kappa shape index (κ1) is 14.9. The summed E-state index contributed by atoms with van der Waals surface area (Å²) in [6.45, 7) is 10.9. The molecule has 0 amide bonds. The van der Waals surface area contributed by atoms with Gasteiger partial charge in [0.25, 0.3) is 0 Å².